The maximum Gasteiger partial charge on any atom is 0.331 e. The van der Waals surface area contributed by atoms with Gasteiger partial charge >= 0.3 is 5.97 Å². The molecule has 0 aliphatic carbocycles. The molecule has 0 saturated heterocycles. The van der Waals surface area contributed by atoms with Crippen molar-refractivity contribution >= 4 is 23.2 Å². The number of carbonyl (C=O) groups is 2. The second kappa shape index (κ2) is 16.2. The van der Waals surface area contributed by atoms with Crippen molar-refractivity contribution in [2.75, 3.05) is 20.6 Å². The van der Waals surface area contributed by atoms with Crippen molar-refractivity contribution in [3.05, 3.63) is 75.3 Å². The fourth-order valence-corrected chi connectivity index (χ4v) is 4.76. The SMILES string of the molecule is CC(/C=C/C(C)=C/C1Cc2nc(cs2)CCCCC(=O)N[C@@H](C)C/C(C)=C/C=C\C(=O)O1)=C\CN(C)C. The van der Waals surface area contributed by atoms with Gasteiger partial charge in [0.2, 0.25) is 5.91 Å². The Morgan fingerprint density at radius 3 is 2.65 bits per heavy atom. The van der Waals surface area contributed by atoms with Gasteiger partial charge in [0.15, 0.2) is 0 Å². The fraction of sp³-hybridized carbons (Fsp3) is 0.500. The molecule has 0 radical (unpaired) electrons. The average Bonchev–Trinajstić information content (AvgIpc) is 3.25. The summed E-state index contributed by atoms with van der Waals surface area (Å²) in [4.78, 5) is 31.8. The molecule has 2 rings (SSSR count). The highest BCUT2D eigenvalue weighted by atomic mass is 32.1. The summed E-state index contributed by atoms with van der Waals surface area (Å²) in [6, 6.07) is 0.0409. The highest BCUT2D eigenvalue weighted by molar-refractivity contribution is 7.09. The number of fused-ring (bicyclic) bond motifs is 2. The molecule has 0 spiro atoms. The second-order valence-corrected chi connectivity index (χ2v) is 11.1. The maximum absolute atomic E-state index is 12.6. The van der Waals surface area contributed by atoms with Crippen molar-refractivity contribution in [2.45, 2.75) is 78.4 Å². The number of likely N-dealkylation sites (N-methyl/N-ethyl adjacent to an activating group) is 1. The first-order valence-corrected chi connectivity index (χ1v) is 13.9. The van der Waals surface area contributed by atoms with Crippen molar-refractivity contribution in [1.82, 2.24) is 15.2 Å². The zero-order valence-electron chi connectivity index (χ0n) is 23.3. The van der Waals surface area contributed by atoms with Crippen LogP contribution in [0.2, 0.25) is 0 Å². The number of cyclic esters (lactones) is 1. The number of rotatable bonds is 5. The number of hydrogen-bond donors (Lipinski definition) is 1. The first kappa shape index (κ1) is 30.5. The van der Waals surface area contributed by atoms with Crippen molar-refractivity contribution in [3.8, 4) is 0 Å². The summed E-state index contributed by atoms with van der Waals surface area (Å²) < 4.78 is 5.83. The zero-order valence-corrected chi connectivity index (χ0v) is 24.1. The van der Waals surface area contributed by atoms with Gasteiger partial charge in [0.05, 0.1) is 10.7 Å². The van der Waals surface area contributed by atoms with Crippen LogP contribution in [0.3, 0.4) is 0 Å². The zero-order chi connectivity index (χ0) is 27.2. The molecule has 0 fully saturated rings. The third-order valence-electron chi connectivity index (χ3n) is 5.81. The van der Waals surface area contributed by atoms with E-state index in [1.165, 1.54) is 11.6 Å². The Hall–Kier alpha value is -2.77. The largest absolute Gasteiger partial charge is 0.454 e. The van der Waals surface area contributed by atoms with Crippen LogP contribution in [0.5, 0.6) is 0 Å². The molecular weight excluding hydrogens is 482 g/mol. The first-order valence-electron chi connectivity index (χ1n) is 13.1. The van der Waals surface area contributed by atoms with Gasteiger partial charge < -0.3 is 15.0 Å². The topological polar surface area (TPSA) is 71.5 Å². The summed E-state index contributed by atoms with van der Waals surface area (Å²) in [5.74, 6) is -0.307. The molecule has 37 heavy (non-hydrogen) atoms. The highest BCUT2D eigenvalue weighted by Gasteiger charge is 2.15. The van der Waals surface area contributed by atoms with E-state index >= 15 is 0 Å². The number of ether oxygens (including phenoxy) is 1. The number of nitrogens with zero attached hydrogens (tertiary/aromatic N) is 2. The Morgan fingerprint density at radius 2 is 1.89 bits per heavy atom. The van der Waals surface area contributed by atoms with Gasteiger partial charge in [-0.15, -0.1) is 11.3 Å². The predicted octanol–water partition coefficient (Wildman–Crippen LogP) is 5.73. The minimum absolute atomic E-state index is 0.0409. The van der Waals surface area contributed by atoms with Crippen LogP contribution >= 0.6 is 11.3 Å². The lowest BCUT2D eigenvalue weighted by Crippen LogP contribution is -2.32. The minimum Gasteiger partial charge on any atom is -0.454 e. The molecule has 1 unspecified atom stereocenters. The number of aryl methyl sites for hydroxylation is 1. The number of carbonyl (C=O) groups excluding carboxylic acids is 2. The molecule has 2 heterocycles. The molecule has 0 aromatic carbocycles. The Labute approximate surface area is 226 Å². The molecule has 1 aromatic heterocycles. The number of esters is 1. The van der Waals surface area contributed by atoms with Crippen LogP contribution in [0, 0.1) is 0 Å². The van der Waals surface area contributed by atoms with E-state index in [2.05, 4.69) is 40.7 Å². The Balaban J connectivity index is 2.21. The fourth-order valence-electron chi connectivity index (χ4n) is 3.89. The molecule has 7 heteroatoms. The quantitative estimate of drug-likeness (QED) is 0.393. The third kappa shape index (κ3) is 13.4. The molecule has 1 aromatic rings. The summed E-state index contributed by atoms with van der Waals surface area (Å²) in [6.07, 6.45) is 17.3. The van der Waals surface area contributed by atoms with Crippen molar-refractivity contribution in [2.24, 2.45) is 0 Å². The molecule has 0 saturated carbocycles. The van der Waals surface area contributed by atoms with E-state index in [1.54, 1.807) is 17.4 Å². The van der Waals surface area contributed by atoms with Gasteiger partial charge in [0.1, 0.15) is 6.10 Å². The van der Waals surface area contributed by atoms with Crippen LogP contribution in [-0.4, -0.2) is 54.5 Å². The molecule has 1 aliphatic rings. The predicted molar refractivity (Wildman–Crippen MR) is 154 cm³/mol. The van der Waals surface area contributed by atoms with Gasteiger partial charge in [-0.25, -0.2) is 9.78 Å². The molecule has 6 nitrogen and oxygen atoms in total. The summed E-state index contributed by atoms with van der Waals surface area (Å²) in [6.45, 7) is 8.98. The van der Waals surface area contributed by atoms with Gasteiger partial charge in [-0.1, -0.05) is 47.1 Å². The van der Waals surface area contributed by atoms with Gasteiger partial charge in [0.25, 0.3) is 0 Å². The normalized spacial score (nSPS) is 24.0. The molecule has 2 atom stereocenters. The lowest BCUT2D eigenvalue weighted by molar-refractivity contribution is -0.140. The van der Waals surface area contributed by atoms with E-state index in [0.29, 0.717) is 12.8 Å². The first-order chi connectivity index (χ1) is 17.6. The lowest BCUT2D eigenvalue weighted by Gasteiger charge is -2.14. The number of thiazole rings is 1. The summed E-state index contributed by atoms with van der Waals surface area (Å²) >= 11 is 1.59. The summed E-state index contributed by atoms with van der Waals surface area (Å²) in [5, 5.41) is 6.06. The van der Waals surface area contributed by atoms with Crippen LogP contribution in [0.4, 0.5) is 0 Å². The average molecular weight is 526 g/mol. The van der Waals surface area contributed by atoms with E-state index in [0.717, 1.165) is 54.1 Å². The van der Waals surface area contributed by atoms with E-state index < -0.39 is 6.10 Å². The highest BCUT2D eigenvalue weighted by Crippen LogP contribution is 2.18. The smallest absolute Gasteiger partial charge is 0.331 e. The Kier molecular flexibility index (Phi) is 13.3. The molecule has 1 aliphatic heterocycles. The molecule has 1 amide bonds. The number of amides is 1. The maximum atomic E-state index is 12.6. The van der Waals surface area contributed by atoms with E-state index in [1.807, 2.05) is 47.0 Å². The van der Waals surface area contributed by atoms with Crippen LogP contribution in [0.25, 0.3) is 0 Å². The van der Waals surface area contributed by atoms with Crippen LogP contribution in [0.1, 0.15) is 64.1 Å². The van der Waals surface area contributed by atoms with Gasteiger partial charge in [-0.2, -0.15) is 0 Å². The van der Waals surface area contributed by atoms with Crippen molar-refractivity contribution in [1.29, 1.82) is 0 Å². The molecule has 1 N–H and O–H groups in total. The molecule has 2 bridgehead atoms. The van der Waals surface area contributed by atoms with E-state index in [-0.39, 0.29) is 17.9 Å². The van der Waals surface area contributed by atoms with Gasteiger partial charge in [-0.05, 0) is 73.5 Å². The Bertz CT molecular complexity index is 1050. The van der Waals surface area contributed by atoms with E-state index in [9.17, 15) is 9.59 Å². The molecule has 202 valence electrons. The van der Waals surface area contributed by atoms with Crippen LogP contribution < -0.4 is 5.32 Å². The van der Waals surface area contributed by atoms with Crippen LogP contribution in [0.15, 0.2) is 64.6 Å². The third-order valence-corrected chi connectivity index (χ3v) is 6.73. The summed E-state index contributed by atoms with van der Waals surface area (Å²) in [7, 11) is 4.09. The second-order valence-electron chi connectivity index (χ2n) is 10.1. The van der Waals surface area contributed by atoms with E-state index in [4.69, 9.17) is 9.72 Å². The van der Waals surface area contributed by atoms with Gasteiger partial charge in [0, 0.05) is 36.9 Å². The summed E-state index contributed by atoms with van der Waals surface area (Å²) in [5.41, 5.74) is 4.31. The van der Waals surface area contributed by atoms with Crippen molar-refractivity contribution < 1.29 is 14.3 Å². The number of nitrogens with one attached hydrogen (secondary N) is 1. The lowest BCUT2D eigenvalue weighted by atomic mass is 10.1. The van der Waals surface area contributed by atoms with Crippen LogP contribution in [-0.2, 0) is 27.2 Å². The minimum atomic E-state index is -0.416. The number of aromatic nitrogens is 1. The standard InChI is InChI=1S/C30H43N3O3S/c1-22(16-17-33(5)6)14-15-24(3)19-27-20-29-32-26(21-37-29)11-7-8-12-28(34)31-25(4)18-23(2)10-9-13-30(35)36-27/h9-10,13-16,19,21,25,27H,7-8,11-12,17-18,20H2,1-6H3,(H,31,34)/b13-9-,15-14+,22-16+,23-10+,24-19+/t25-,27?/m0/s1. The Morgan fingerprint density at radius 1 is 1.16 bits per heavy atom. The van der Waals surface area contributed by atoms with Gasteiger partial charge in [-0.3, -0.25) is 4.79 Å². The number of hydrogen-bond acceptors (Lipinski definition) is 6. The van der Waals surface area contributed by atoms with Crippen molar-refractivity contribution in [3.63, 3.8) is 0 Å². The molecular formula is C30H43N3O3S. The monoisotopic (exact) mass is 525 g/mol. The number of allylic oxidation sites excluding steroid dienone is 6.